The summed E-state index contributed by atoms with van der Waals surface area (Å²) in [7, 11) is -2.27. The summed E-state index contributed by atoms with van der Waals surface area (Å²) in [6.07, 6.45) is -4.63. The van der Waals surface area contributed by atoms with E-state index in [-0.39, 0.29) is 15.7 Å². The molecule has 1 rings (SSSR count). The van der Waals surface area contributed by atoms with E-state index in [1.165, 1.54) is 13.2 Å². The minimum atomic E-state index is -4.63. The van der Waals surface area contributed by atoms with E-state index in [2.05, 4.69) is 0 Å². The van der Waals surface area contributed by atoms with Crippen molar-refractivity contribution in [2.45, 2.75) is 18.0 Å². The minimum absolute atomic E-state index is 0.0503. The molecule has 2 N–H and O–H groups in total. The fourth-order valence-electron chi connectivity index (χ4n) is 1.54. The maximum absolute atomic E-state index is 12.3. The van der Waals surface area contributed by atoms with Gasteiger partial charge in [0.1, 0.15) is 17.2 Å². The number of sulfonamides is 1. The Morgan fingerprint density at radius 3 is 2.35 bits per heavy atom. The summed E-state index contributed by atoms with van der Waals surface area (Å²) >= 11 is 0. The Kier molecular flexibility index (Phi) is 4.55. The number of hydrogen-bond donors (Lipinski definition) is 1. The molecule has 20 heavy (non-hydrogen) atoms. The fourth-order valence-corrected chi connectivity index (χ4v) is 2.87. The predicted molar refractivity (Wildman–Crippen MR) is 68.0 cm³/mol. The number of nitrogens with two attached hydrogens (primary N) is 1. The highest BCUT2D eigenvalue weighted by Crippen LogP contribution is 2.31. The zero-order valence-corrected chi connectivity index (χ0v) is 12.0. The third-order valence-electron chi connectivity index (χ3n) is 2.64. The number of nitrogen functional groups attached to an aromatic ring is 1. The van der Waals surface area contributed by atoms with Crippen molar-refractivity contribution in [3.05, 3.63) is 17.7 Å². The maximum atomic E-state index is 12.3. The number of ether oxygens (including phenoxy) is 1. The SMILES string of the molecule is COc1cc(C)c(N)cc1S(=O)(=O)N(C)CC(F)(F)F. The molecule has 0 unspecified atom stereocenters. The van der Waals surface area contributed by atoms with Crippen molar-refractivity contribution in [1.82, 2.24) is 4.31 Å². The normalized spacial score (nSPS) is 12.8. The van der Waals surface area contributed by atoms with Crippen LogP contribution in [0.25, 0.3) is 0 Å². The Labute approximate surface area is 115 Å². The number of hydrogen-bond acceptors (Lipinski definition) is 4. The average molecular weight is 312 g/mol. The van der Waals surface area contributed by atoms with Gasteiger partial charge in [-0.15, -0.1) is 0 Å². The molecular formula is C11H15F3N2O3S. The highest BCUT2D eigenvalue weighted by Gasteiger charge is 2.36. The Morgan fingerprint density at radius 2 is 1.90 bits per heavy atom. The van der Waals surface area contributed by atoms with Crippen LogP contribution in [0.4, 0.5) is 18.9 Å². The van der Waals surface area contributed by atoms with E-state index >= 15 is 0 Å². The van der Waals surface area contributed by atoms with Gasteiger partial charge in [0.2, 0.25) is 10.0 Å². The molecule has 0 saturated carbocycles. The van der Waals surface area contributed by atoms with Crippen molar-refractivity contribution < 1.29 is 26.3 Å². The van der Waals surface area contributed by atoms with Crippen molar-refractivity contribution >= 4 is 15.7 Å². The number of rotatable bonds is 4. The lowest BCUT2D eigenvalue weighted by molar-refractivity contribution is -0.134. The zero-order valence-electron chi connectivity index (χ0n) is 11.2. The van der Waals surface area contributed by atoms with Crippen molar-refractivity contribution in [3.8, 4) is 5.75 Å². The quantitative estimate of drug-likeness (QED) is 0.860. The van der Waals surface area contributed by atoms with Gasteiger partial charge in [0, 0.05) is 12.7 Å². The Balaban J connectivity index is 3.32. The van der Waals surface area contributed by atoms with Crippen molar-refractivity contribution in [2.75, 3.05) is 26.4 Å². The fraction of sp³-hybridized carbons (Fsp3) is 0.455. The van der Waals surface area contributed by atoms with Gasteiger partial charge in [0.15, 0.2) is 0 Å². The second-order valence-corrected chi connectivity index (χ2v) is 6.25. The molecule has 0 atom stereocenters. The molecule has 0 aliphatic heterocycles. The summed E-state index contributed by atoms with van der Waals surface area (Å²) in [5, 5.41) is 0. The lowest BCUT2D eigenvalue weighted by Gasteiger charge is -2.20. The average Bonchev–Trinajstić information content (AvgIpc) is 2.29. The van der Waals surface area contributed by atoms with Crippen LogP contribution < -0.4 is 10.5 Å². The van der Waals surface area contributed by atoms with E-state index in [0.29, 0.717) is 5.56 Å². The standard InChI is InChI=1S/C11H15F3N2O3S/c1-7-4-9(19-3)10(5-8(7)15)20(17,18)16(2)6-11(12,13)14/h4-5H,6,15H2,1-3H3. The molecule has 0 aliphatic rings. The summed E-state index contributed by atoms with van der Waals surface area (Å²) in [5.74, 6) is -0.0503. The first-order chi connectivity index (χ1) is 8.99. The molecule has 0 radical (unpaired) electrons. The molecule has 1 aromatic rings. The molecular weight excluding hydrogens is 297 g/mol. The number of alkyl halides is 3. The largest absolute Gasteiger partial charge is 0.495 e. The van der Waals surface area contributed by atoms with Crippen LogP contribution in [0.1, 0.15) is 5.56 Å². The van der Waals surface area contributed by atoms with Gasteiger partial charge in [0.05, 0.1) is 7.11 Å². The van der Waals surface area contributed by atoms with Crippen LogP contribution in [0.2, 0.25) is 0 Å². The molecule has 0 aliphatic carbocycles. The molecule has 0 saturated heterocycles. The Morgan fingerprint density at radius 1 is 1.35 bits per heavy atom. The van der Waals surface area contributed by atoms with Gasteiger partial charge in [0.25, 0.3) is 0 Å². The monoisotopic (exact) mass is 312 g/mol. The number of halogens is 3. The van der Waals surface area contributed by atoms with Crippen LogP contribution in [0.5, 0.6) is 5.75 Å². The smallest absolute Gasteiger partial charge is 0.402 e. The van der Waals surface area contributed by atoms with Crippen molar-refractivity contribution in [3.63, 3.8) is 0 Å². The number of anilines is 1. The Hall–Kier alpha value is -1.48. The number of methoxy groups -OCH3 is 1. The van der Waals surface area contributed by atoms with Gasteiger partial charge in [-0.25, -0.2) is 8.42 Å². The minimum Gasteiger partial charge on any atom is -0.495 e. The van der Waals surface area contributed by atoms with Crippen LogP contribution in [-0.2, 0) is 10.0 Å². The third-order valence-corrected chi connectivity index (χ3v) is 4.47. The maximum Gasteiger partial charge on any atom is 0.402 e. The number of benzene rings is 1. The van der Waals surface area contributed by atoms with Gasteiger partial charge >= 0.3 is 6.18 Å². The molecule has 0 spiro atoms. The molecule has 114 valence electrons. The summed E-state index contributed by atoms with van der Waals surface area (Å²) < 4.78 is 66.3. The van der Waals surface area contributed by atoms with E-state index in [0.717, 1.165) is 13.1 Å². The van der Waals surface area contributed by atoms with Gasteiger partial charge in [-0.3, -0.25) is 0 Å². The third kappa shape index (κ3) is 3.54. The molecule has 9 heteroatoms. The van der Waals surface area contributed by atoms with Crippen LogP contribution in [-0.4, -0.2) is 39.6 Å². The number of aryl methyl sites for hydroxylation is 1. The van der Waals surface area contributed by atoms with Crippen molar-refractivity contribution in [1.29, 1.82) is 0 Å². The van der Waals surface area contributed by atoms with Crippen LogP contribution in [0, 0.1) is 6.92 Å². The highest BCUT2D eigenvalue weighted by atomic mass is 32.2. The summed E-state index contributed by atoms with van der Waals surface area (Å²) in [6.45, 7) is 0.0416. The zero-order chi connectivity index (χ0) is 15.7. The summed E-state index contributed by atoms with van der Waals surface area (Å²) in [5.41, 5.74) is 6.33. The second kappa shape index (κ2) is 5.49. The molecule has 5 nitrogen and oxygen atoms in total. The van der Waals surface area contributed by atoms with E-state index in [1.807, 2.05) is 0 Å². The molecule has 1 aromatic carbocycles. The lowest BCUT2D eigenvalue weighted by atomic mass is 10.2. The molecule has 0 aromatic heterocycles. The van der Waals surface area contributed by atoms with E-state index in [1.54, 1.807) is 6.92 Å². The van der Waals surface area contributed by atoms with Gasteiger partial charge in [-0.1, -0.05) is 0 Å². The van der Waals surface area contributed by atoms with E-state index in [9.17, 15) is 21.6 Å². The van der Waals surface area contributed by atoms with Crippen LogP contribution in [0.15, 0.2) is 17.0 Å². The second-order valence-electron chi connectivity index (χ2n) is 4.24. The summed E-state index contributed by atoms with van der Waals surface area (Å²) in [6, 6.07) is 2.46. The molecule has 0 bridgehead atoms. The van der Waals surface area contributed by atoms with Gasteiger partial charge in [-0.2, -0.15) is 17.5 Å². The number of nitrogens with zero attached hydrogens (tertiary/aromatic N) is 1. The highest BCUT2D eigenvalue weighted by molar-refractivity contribution is 7.89. The first kappa shape index (κ1) is 16.6. The summed E-state index contributed by atoms with van der Waals surface area (Å²) in [4.78, 5) is -0.394. The lowest BCUT2D eigenvalue weighted by Crippen LogP contribution is -2.36. The van der Waals surface area contributed by atoms with E-state index < -0.39 is 27.6 Å². The van der Waals surface area contributed by atoms with E-state index in [4.69, 9.17) is 10.5 Å². The molecule has 0 fully saturated rings. The molecule has 0 heterocycles. The predicted octanol–water partition coefficient (Wildman–Crippen LogP) is 1.77. The van der Waals surface area contributed by atoms with Crippen LogP contribution >= 0.6 is 0 Å². The topological polar surface area (TPSA) is 72.6 Å². The first-order valence-corrected chi connectivity index (χ1v) is 6.90. The Bertz CT molecular complexity index is 600. The van der Waals surface area contributed by atoms with Gasteiger partial charge in [-0.05, 0) is 24.6 Å². The van der Waals surface area contributed by atoms with Crippen molar-refractivity contribution in [2.24, 2.45) is 0 Å². The van der Waals surface area contributed by atoms with Gasteiger partial charge < -0.3 is 10.5 Å². The first-order valence-electron chi connectivity index (χ1n) is 5.46. The van der Waals surface area contributed by atoms with Crippen LogP contribution in [0.3, 0.4) is 0 Å². The molecule has 0 amide bonds.